The van der Waals surface area contributed by atoms with Crippen LogP contribution in [0.1, 0.15) is 17.0 Å². The lowest BCUT2D eigenvalue weighted by atomic mass is 10.2. The number of nitrogens with zero attached hydrogens (tertiary/aromatic N) is 2. The molecule has 1 heterocycles. The van der Waals surface area contributed by atoms with Gasteiger partial charge in [-0.1, -0.05) is 41.4 Å². The van der Waals surface area contributed by atoms with E-state index in [4.69, 9.17) is 27.9 Å². The first-order chi connectivity index (χ1) is 14.8. The van der Waals surface area contributed by atoms with Crippen LogP contribution in [0.5, 0.6) is 5.75 Å². The van der Waals surface area contributed by atoms with Crippen LogP contribution in [0.25, 0.3) is 5.69 Å². The molecule has 31 heavy (non-hydrogen) atoms. The summed E-state index contributed by atoms with van der Waals surface area (Å²) in [7, 11) is 1.47. The number of halogens is 2. The number of hydrogen-bond acceptors (Lipinski definition) is 4. The van der Waals surface area contributed by atoms with Crippen molar-refractivity contribution in [3.63, 3.8) is 0 Å². The number of hydrogen-bond donors (Lipinski definition) is 2. The maximum atomic E-state index is 12.1. The van der Waals surface area contributed by atoms with Crippen LogP contribution in [0, 0.1) is 13.8 Å². The predicted octanol–water partition coefficient (Wildman–Crippen LogP) is 4.50. The summed E-state index contributed by atoms with van der Waals surface area (Å²) < 4.78 is 7.08. The number of nitrogens with one attached hydrogen (secondary N) is 2. The second-order valence-corrected chi connectivity index (χ2v) is 7.37. The van der Waals surface area contributed by atoms with E-state index in [0.29, 0.717) is 21.5 Å². The highest BCUT2D eigenvalue weighted by atomic mass is 35.5. The van der Waals surface area contributed by atoms with Crippen molar-refractivity contribution in [1.82, 2.24) is 9.99 Å². The molecular formula is C22H20Cl2N4O3. The Hall–Kier alpha value is -3.29. The smallest absolute Gasteiger partial charge is 0.329 e. The van der Waals surface area contributed by atoms with Crippen molar-refractivity contribution in [2.45, 2.75) is 13.8 Å². The summed E-state index contributed by atoms with van der Waals surface area (Å²) in [5.41, 5.74) is 5.85. The zero-order valence-corrected chi connectivity index (χ0v) is 18.6. The maximum Gasteiger partial charge on any atom is 0.329 e. The molecule has 0 saturated heterocycles. The number of amides is 2. The average Bonchev–Trinajstić information content (AvgIpc) is 3.03. The molecule has 0 bridgehead atoms. The van der Waals surface area contributed by atoms with Crippen molar-refractivity contribution in [2.75, 3.05) is 12.4 Å². The molecule has 0 unspecified atom stereocenters. The van der Waals surface area contributed by atoms with Crippen molar-refractivity contribution in [1.29, 1.82) is 0 Å². The Morgan fingerprint density at radius 3 is 2.55 bits per heavy atom. The van der Waals surface area contributed by atoms with E-state index >= 15 is 0 Å². The number of aromatic nitrogens is 1. The third-order valence-corrected chi connectivity index (χ3v) is 5.38. The van der Waals surface area contributed by atoms with Crippen molar-refractivity contribution in [3.8, 4) is 11.4 Å². The Morgan fingerprint density at radius 1 is 1.06 bits per heavy atom. The van der Waals surface area contributed by atoms with Gasteiger partial charge in [0.15, 0.2) is 0 Å². The normalized spacial score (nSPS) is 10.9. The molecule has 3 rings (SSSR count). The fourth-order valence-corrected chi connectivity index (χ4v) is 3.47. The van der Waals surface area contributed by atoms with E-state index in [9.17, 15) is 9.59 Å². The van der Waals surface area contributed by atoms with Crippen LogP contribution < -0.4 is 15.5 Å². The number of methoxy groups -OCH3 is 1. The number of ether oxygens (including phenoxy) is 1. The molecule has 0 aliphatic rings. The Balaban J connectivity index is 1.72. The van der Waals surface area contributed by atoms with Gasteiger partial charge in [0.05, 0.1) is 34.7 Å². The molecule has 160 valence electrons. The topological polar surface area (TPSA) is 84.7 Å². The van der Waals surface area contributed by atoms with Crippen LogP contribution in [-0.2, 0) is 9.59 Å². The van der Waals surface area contributed by atoms with Gasteiger partial charge in [-0.05, 0) is 44.2 Å². The van der Waals surface area contributed by atoms with E-state index in [1.165, 1.54) is 13.3 Å². The van der Waals surface area contributed by atoms with Crippen molar-refractivity contribution < 1.29 is 14.3 Å². The zero-order valence-electron chi connectivity index (χ0n) is 17.1. The van der Waals surface area contributed by atoms with Gasteiger partial charge in [0.1, 0.15) is 5.75 Å². The summed E-state index contributed by atoms with van der Waals surface area (Å²) in [5.74, 6) is -1.33. The number of carbonyl (C=O) groups is 2. The van der Waals surface area contributed by atoms with Gasteiger partial charge in [0.2, 0.25) is 0 Å². The van der Waals surface area contributed by atoms with Crippen molar-refractivity contribution in [3.05, 3.63) is 75.5 Å². The van der Waals surface area contributed by atoms with E-state index in [0.717, 1.165) is 22.6 Å². The molecule has 3 aromatic rings. The average molecular weight is 459 g/mol. The highest BCUT2D eigenvalue weighted by Crippen LogP contribution is 2.31. The Bertz CT molecular complexity index is 1170. The van der Waals surface area contributed by atoms with E-state index in [2.05, 4.69) is 15.8 Å². The number of hydrazone groups is 1. The molecule has 0 saturated carbocycles. The first-order valence-corrected chi connectivity index (χ1v) is 9.99. The summed E-state index contributed by atoms with van der Waals surface area (Å²) in [6, 6.07) is 14.1. The van der Waals surface area contributed by atoms with Gasteiger partial charge in [0.25, 0.3) is 0 Å². The van der Waals surface area contributed by atoms with E-state index < -0.39 is 11.8 Å². The van der Waals surface area contributed by atoms with Crippen LogP contribution in [0.2, 0.25) is 10.0 Å². The molecule has 2 N–H and O–H groups in total. The first-order valence-electron chi connectivity index (χ1n) is 9.24. The number of para-hydroxylation sites is 2. The van der Waals surface area contributed by atoms with Crippen LogP contribution in [0.3, 0.4) is 0 Å². The summed E-state index contributed by atoms with van der Waals surface area (Å²) >= 11 is 12.5. The van der Waals surface area contributed by atoms with Crippen LogP contribution >= 0.6 is 23.2 Å². The molecule has 0 aliphatic carbocycles. The van der Waals surface area contributed by atoms with Gasteiger partial charge in [-0.25, -0.2) is 5.43 Å². The zero-order chi connectivity index (χ0) is 22.5. The molecule has 0 spiro atoms. The standard InChI is InChI=1S/C22H20Cl2N4O3/c1-13-11-15(14(2)28(13)18-9-6-7-16(23)20(18)24)12-25-27-22(30)21(29)26-17-8-4-5-10-19(17)31-3/h4-12H,1-3H3,(H,26,29)(H,27,30)/b25-12-. The quantitative estimate of drug-likeness (QED) is 0.335. The van der Waals surface area contributed by atoms with Crippen LogP contribution in [0.4, 0.5) is 5.69 Å². The minimum Gasteiger partial charge on any atom is -0.495 e. The van der Waals surface area contributed by atoms with Gasteiger partial charge in [0, 0.05) is 17.0 Å². The Morgan fingerprint density at radius 2 is 1.81 bits per heavy atom. The molecular weight excluding hydrogens is 439 g/mol. The molecule has 9 heteroatoms. The molecule has 2 amide bonds. The van der Waals surface area contributed by atoms with Gasteiger partial charge in [-0.15, -0.1) is 0 Å². The molecule has 1 aromatic heterocycles. The van der Waals surface area contributed by atoms with Gasteiger partial charge in [-0.3, -0.25) is 9.59 Å². The van der Waals surface area contributed by atoms with Crippen molar-refractivity contribution in [2.24, 2.45) is 5.10 Å². The van der Waals surface area contributed by atoms with E-state index in [1.54, 1.807) is 30.3 Å². The number of anilines is 1. The third-order valence-electron chi connectivity index (χ3n) is 4.57. The lowest BCUT2D eigenvalue weighted by Gasteiger charge is -2.12. The largest absolute Gasteiger partial charge is 0.495 e. The lowest BCUT2D eigenvalue weighted by Crippen LogP contribution is -2.32. The van der Waals surface area contributed by atoms with Crippen LogP contribution in [-0.4, -0.2) is 29.7 Å². The monoisotopic (exact) mass is 458 g/mol. The van der Waals surface area contributed by atoms with E-state index in [-0.39, 0.29) is 0 Å². The fraction of sp³-hybridized carbons (Fsp3) is 0.136. The Kier molecular flexibility index (Phi) is 6.99. The Labute approximate surface area is 189 Å². The van der Waals surface area contributed by atoms with Crippen LogP contribution in [0.15, 0.2) is 53.6 Å². The molecule has 2 aromatic carbocycles. The minimum atomic E-state index is -0.908. The number of rotatable bonds is 5. The maximum absolute atomic E-state index is 12.1. The van der Waals surface area contributed by atoms with Gasteiger partial charge < -0.3 is 14.6 Å². The molecule has 0 radical (unpaired) electrons. The van der Waals surface area contributed by atoms with Crippen molar-refractivity contribution >= 4 is 46.9 Å². The molecule has 7 nitrogen and oxygen atoms in total. The fourth-order valence-electron chi connectivity index (χ4n) is 3.09. The molecule has 0 fully saturated rings. The van der Waals surface area contributed by atoms with Gasteiger partial charge >= 0.3 is 11.8 Å². The molecule has 0 aliphatic heterocycles. The lowest BCUT2D eigenvalue weighted by molar-refractivity contribution is -0.136. The predicted molar refractivity (Wildman–Crippen MR) is 123 cm³/mol. The second-order valence-electron chi connectivity index (χ2n) is 6.59. The highest BCUT2D eigenvalue weighted by molar-refractivity contribution is 6.43. The summed E-state index contributed by atoms with van der Waals surface area (Å²) in [5, 5.41) is 7.29. The van der Waals surface area contributed by atoms with Gasteiger partial charge in [-0.2, -0.15) is 5.10 Å². The SMILES string of the molecule is COc1ccccc1NC(=O)C(=O)N/N=C\c1cc(C)n(-c2cccc(Cl)c2Cl)c1C. The first kappa shape index (κ1) is 22.4. The summed E-state index contributed by atoms with van der Waals surface area (Å²) in [4.78, 5) is 24.2. The summed E-state index contributed by atoms with van der Waals surface area (Å²) in [6.45, 7) is 3.81. The number of carbonyl (C=O) groups excluding carboxylic acids is 2. The minimum absolute atomic E-state index is 0.385. The third kappa shape index (κ3) is 4.90. The molecule has 0 atom stereocenters. The number of benzene rings is 2. The highest BCUT2D eigenvalue weighted by Gasteiger charge is 2.16. The second kappa shape index (κ2) is 9.68. The summed E-state index contributed by atoms with van der Waals surface area (Å²) in [6.07, 6.45) is 1.46. The van der Waals surface area contributed by atoms with E-state index in [1.807, 2.05) is 36.6 Å². The number of aryl methyl sites for hydroxylation is 1.